The van der Waals surface area contributed by atoms with Crippen molar-refractivity contribution in [2.24, 2.45) is 0 Å². The first-order chi connectivity index (χ1) is 16.0. The lowest BCUT2D eigenvalue weighted by Crippen LogP contribution is -2.49. The first-order valence-corrected chi connectivity index (χ1v) is 11.6. The second kappa shape index (κ2) is 10.6. The van der Waals surface area contributed by atoms with E-state index in [4.69, 9.17) is 14.2 Å². The Bertz CT molecular complexity index is 969. The number of carbonyl (C=O) groups is 2. The van der Waals surface area contributed by atoms with Crippen molar-refractivity contribution < 1.29 is 23.8 Å². The lowest BCUT2D eigenvalue weighted by Gasteiger charge is -2.30. The molecule has 1 saturated carbocycles. The summed E-state index contributed by atoms with van der Waals surface area (Å²) < 4.78 is 16.0. The molecule has 0 saturated heterocycles. The van der Waals surface area contributed by atoms with Gasteiger partial charge in [0.05, 0.1) is 7.11 Å². The number of amides is 2. The molecule has 1 fully saturated rings. The van der Waals surface area contributed by atoms with Gasteiger partial charge < -0.3 is 24.4 Å². The van der Waals surface area contributed by atoms with Crippen LogP contribution in [0.3, 0.4) is 0 Å². The van der Waals surface area contributed by atoms with Crippen LogP contribution < -0.4 is 19.5 Å². The van der Waals surface area contributed by atoms with Crippen molar-refractivity contribution in [2.75, 3.05) is 13.9 Å². The topological polar surface area (TPSA) is 77.1 Å². The molecule has 0 radical (unpaired) electrons. The summed E-state index contributed by atoms with van der Waals surface area (Å²) in [7, 11) is 1.62. The van der Waals surface area contributed by atoms with Gasteiger partial charge in [0.25, 0.3) is 0 Å². The van der Waals surface area contributed by atoms with Crippen LogP contribution in [0.4, 0.5) is 0 Å². The van der Waals surface area contributed by atoms with Gasteiger partial charge in [-0.2, -0.15) is 0 Å². The second-order valence-electron chi connectivity index (χ2n) is 8.72. The van der Waals surface area contributed by atoms with Crippen LogP contribution in [0.25, 0.3) is 0 Å². The lowest BCUT2D eigenvalue weighted by molar-refractivity contribution is -0.140. The van der Waals surface area contributed by atoms with Crippen LogP contribution in [0.1, 0.15) is 50.2 Å². The summed E-state index contributed by atoms with van der Waals surface area (Å²) in [5.74, 6) is 2.04. The largest absolute Gasteiger partial charge is 0.497 e. The number of hydrogen-bond donors (Lipinski definition) is 1. The zero-order valence-corrected chi connectivity index (χ0v) is 19.3. The van der Waals surface area contributed by atoms with E-state index in [0.717, 1.165) is 48.3 Å². The van der Waals surface area contributed by atoms with E-state index in [1.807, 2.05) is 49.4 Å². The highest BCUT2D eigenvalue weighted by Gasteiger charge is 2.28. The first kappa shape index (κ1) is 23.0. The van der Waals surface area contributed by atoms with Crippen LogP contribution in [0.5, 0.6) is 17.2 Å². The quantitative estimate of drug-likeness (QED) is 0.626. The van der Waals surface area contributed by atoms with Gasteiger partial charge in [0, 0.05) is 19.0 Å². The number of ether oxygens (including phenoxy) is 3. The summed E-state index contributed by atoms with van der Waals surface area (Å²) in [5.41, 5.74) is 1.95. The molecule has 0 bridgehead atoms. The summed E-state index contributed by atoms with van der Waals surface area (Å²) in [4.78, 5) is 28.0. The van der Waals surface area contributed by atoms with Gasteiger partial charge in [-0.05, 0) is 61.6 Å². The van der Waals surface area contributed by atoms with Crippen molar-refractivity contribution in [1.82, 2.24) is 10.2 Å². The SMILES string of the molecule is COc1ccc(CN(C(=O)CCc2ccc3c(c2)OCO3)[C@H](C)C(=O)NC2CCCC2)cc1. The zero-order valence-electron chi connectivity index (χ0n) is 19.3. The number of benzene rings is 2. The number of hydrogen-bond acceptors (Lipinski definition) is 5. The van der Waals surface area contributed by atoms with Crippen molar-refractivity contribution in [3.8, 4) is 17.2 Å². The highest BCUT2D eigenvalue weighted by Crippen LogP contribution is 2.33. The third-order valence-electron chi connectivity index (χ3n) is 6.45. The maximum Gasteiger partial charge on any atom is 0.242 e. The average Bonchev–Trinajstić information content (AvgIpc) is 3.52. The predicted octanol–water partition coefficient (Wildman–Crippen LogP) is 3.83. The molecule has 1 N–H and O–H groups in total. The Morgan fingerprint density at radius 2 is 1.76 bits per heavy atom. The Morgan fingerprint density at radius 3 is 2.48 bits per heavy atom. The molecule has 1 atom stereocenters. The molecule has 1 aliphatic carbocycles. The van der Waals surface area contributed by atoms with Gasteiger partial charge >= 0.3 is 0 Å². The molecular weight excluding hydrogens is 420 g/mol. The Morgan fingerprint density at radius 1 is 1.06 bits per heavy atom. The fourth-order valence-electron chi connectivity index (χ4n) is 4.39. The van der Waals surface area contributed by atoms with Gasteiger partial charge in [-0.25, -0.2) is 0 Å². The molecule has 2 aromatic rings. The number of nitrogens with zero attached hydrogens (tertiary/aromatic N) is 1. The molecular formula is C26H32N2O5. The Labute approximate surface area is 195 Å². The predicted molar refractivity (Wildman–Crippen MR) is 124 cm³/mol. The van der Waals surface area contributed by atoms with Crippen LogP contribution in [-0.2, 0) is 22.6 Å². The van der Waals surface area contributed by atoms with E-state index < -0.39 is 6.04 Å². The van der Waals surface area contributed by atoms with E-state index in [0.29, 0.717) is 25.1 Å². The summed E-state index contributed by atoms with van der Waals surface area (Å²) in [6.45, 7) is 2.40. The molecule has 0 unspecified atom stereocenters. The van der Waals surface area contributed by atoms with Gasteiger partial charge in [0.2, 0.25) is 18.6 Å². The van der Waals surface area contributed by atoms with Crippen LogP contribution in [-0.4, -0.2) is 42.7 Å². The molecule has 7 heteroatoms. The minimum absolute atomic E-state index is 0.0578. The summed E-state index contributed by atoms with van der Waals surface area (Å²) in [5, 5.41) is 3.14. The van der Waals surface area contributed by atoms with E-state index in [1.165, 1.54) is 0 Å². The molecule has 7 nitrogen and oxygen atoms in total. The van der Waals surface area contributed by atoms with Crippen molar-refractivity contribution in [2.45, 2.75) is 64.1 Å². The Kier molecular flexibility index (Phi) is 7.37. The molecule has 176 valence electrons. The van der Waals surface area contributed by atoms with E-state index in [9.17, 15) is 9.59 Å². The summed E-state index contributed by atoms with van der Waals surface area (Å²) in [6.07, 6.45) is 5.17. The minimum atomic E-state index is -0.558. The molecule has 0 aromatic heterocycles. The van der Waals surface area contributed by atoms with Crippen LogP contribution >= 0.6 is 0 Å². The van der Waals surface area contributed by atoms with Gasteiger partial charge in [-0.3, -0.25) is 9.59 Å². The fraction of sp³-hybridized carbons (Fsp3) is 0.462. The van der Waals surface area contributed by atoms with Crippen molar-refractivity contribution in [3.05, 3.63) is 53.6 Å². The minimum Gasteiger partial charge on any atom is -0.497 e. The molecule has 2 aromatic carbocycles. The maximum atomic E-state index is 13.3. The smallest absolute Gasteiger partial charge is 0.242 e. The van der Waals surface area contributed by atoms with E-state index in [-0.39, 0.29) is 24.6 Å². The van der Waals surface area contributed by atoms with Crippen molar-refractivity contribution in [3.63, 3.8) is 0 Å². The van der Waals surface area contributed by atoms with Gasteiger partial charge in [-0.1, -0.05) is 31.0 Å². The molecule has 33 heavy (non-hydrogen) atoms. The molecule has 2 aliphatic rings. The van der Waals surface area contributed by atoms with Crippen LogP contribution in [0, 0.1) is 0 Å². The second-order valence-corrected chi connectivity index (χ2v) is 8.72. The third-order valence-corrected chi connectivity index (χ3v) is 6.45. The van der Waals surface area contributed by atoms with Crippen LogP contribution in [0.2, 0.25) is 0 Å². The normalized spacial score (nSPS) is 15.8. The molecule has 2 amide bonds. The highest BCUT2D eigenvalue weighted by atomic mass is 16.7. The maximum absolute atomic E-state index is 13.3. The van der Waals surface area contributed by atoms with E-state index >= 15 is 0 Å². The molecule has 1 heterocycles. The number of carbonyl (C=O) groups excluding carboxylic acids is 2. The zero-order chi connectivity index (χ0) is 23.2. The Balaban J connectivity index is 1.44. The number of aryl methyl sites for hydroxylation is 1. The number of methoxy groups -OCH3 is 1. The number of nitrogens with one attached hydrogen (secondary N) is 1. The summed E-state index contributed by atoms with van der Waals surface area (Å²) in [6, 6.07) is 13.0. The van der Waals surface area contributed by atoms with Gasteiger partial charge in [0.1, 0.15) is 11.8 Å². The molecule has 1 aliphatic heterocycles. The lowest BCUT2D eigenvalue weighted by atomic mass is 10.1. The first-order valence-electron chi connectivity index (χ1n) is 11.6. The van der Waals surface area contributed by atoms with E-state index in [2.05, 4.69) is 5.32 Å². The van der Waals surface area contributed by atoms with Crippen molar-refractivity contribution in [1.29, 1.82) is 0 Å². The van der Waals surface area contributed by atoms with E-state index in [1.54, 1.807) is 12.0 Å². The van der Waals surface area contributed by atoms with Crippen LogP contribution in [0.15, 0.2) is 42.5 Å². The summed E-state index contributed by atoms with van der Waals surface area (Å²) >= 11 is 0. The highest BCUT2D eigenvalue weighted by molar-refractivity contribution is 5.87. The fourth-order valence-corrected chi connectivity index (χ4v) is 4.39. The number of rotatable bonds is 9. The standard InChI is InChI=1S/C26H32N2O5/c1-18(26(30)27-21-5-3-4-6-21)28(16-20-7-11-22(31-2)12-8-20)25(29)14-10-19-9-13-23-24(15-19)33-17-32-23/h7-9,11-13,15,18,21H,3-6,10,14,16-17H2,1-2H3,(H,27,30)/t18-/m1/s1. The monoisotopic (exact) mass is 452 g/mol. The Hall–Kier alpha value is -3.22. The van der Waals surface area contributed by atoms with Gasteiger partial charge in [0.15, 0.2) is 11.5 Å². The van der Waals surface area contributed by atoms with Gasteiger partial charge in [-0.15, -0.1) is 0 Å². The third kappa shape index (κ3) is 5.78. The number of fused-ring (bicyclic) bond motifs is 1. The average molecular weight is 453 g/mol. The molecule has 4 rings (SSSR count). The van der Waals surface area contributed by atoms with Crippen molar-refractivity contribution >= 4 is 11.8 Å². The molecule has 0 spiro atoms.